The number of aryl methyl sites for hydroxylation is 2. The first-order valence-electron chi connectivity index (χ1n) is 11.8. The van der Waals surface area contributed by atoms with Crippen molar-refractivity contribution >= 4 is 39.3 Å². The predicted molar refractivity (Wildman–Crippen MR) is 145 cm³/mol. The van der Waals surface area contributed by atoms with E-state index in [9.17, 15) is 14.4 Å². The summed E-state index contributed by atoms with van der Waals surface area (Å²) in [6.45, 7) is 11.1. The molecule has 1 aliphatic rings. The van der Waals surface area contributed by atoms with Gasteiger partial charge in [-0.3, -0.25) is 14.5 Å². The maximum atomic E-state index is 13.9. The van der Waals surface area contributed by atoms with Crippen molar-refractivity contribution in [1.29, 1.82) is 0 Å². The molecule has 1 unspecified atom stereocenters. The monoisotopic (exact) mass is 528 g/mol. The predicted octanol–water partition coefficient (Wildman–Crippen LogP) is 5.52. The van der Waals surface area contributed by atoms with Gasteiger partial charge in [0.25, 0.3) is 5.91 Å². The number of ether oxygens (including phenoxy) is 2. The summed E-state index contributed by atoms with van der Waals surface area (Å²) >= 11 is 1.02. The van der Waals surface area contributed by atoms with Crippen LogP contribution in [0.15, 0.2) is 77.0 Å². The summed E-state index contributed by atoms with van der Waals surface area (Å²) in [5.74, 6) is -0.602. The topological polar surface area (TPSA) is 98.9 Å². The zero-order valence-electron chi connectivity index (χ0n) is 20.9. The zero-order chi connectivity index (χ0) is 27.0. The van der Waals surface area contributed by atoms with Crippen LogP contribution in [0.4, 0.5) is 5.13 Å². The number of hydrogen-bond acceptors (Lipinski definition) is 8. The highest BCUT2D eigenvalue weighted by molar-refractivity contribution is 7.17. The molecule has 5 rings (SSSR count). The number of fused-ring (bicyclic) bond motifs is 2. The molecule has 0 radical (unpaired) electrons. The summed E-state index contributed by atoms with van der Waals surface area (Å²) in [4.78, 5) is 46.5. The van der Waals surface area contributed by atoms with Crippen LogP contribution in [0.5, 0.6) is 5.75 Å². The van der Waals surface area contributed by atoms with Crippen LogP contribution in [0, 0.1) is 13.8 Å². The molecular weight excluding hydrogens is 504 g/mol. The average molecular weight is 529 g/mol. The molecule has 0 spiro atoms. The lowest BCUT2D eigenvalue weighted by Crippen LogP contribution is -2.29. The van der Waals surface area contributed by atoms with Gasteiger partial charge in [0, 0.05) is 0 Å². The minimum atomic E-state index is -0.853. The quantitative estimate of drug-likeness (QED) is 0.219. The summed E-state index contributed by atoms with van der Waals surface area (Å²) < 4.78 is 16.9. The summed E-state index contributed by atoms with van der Waals surface area (Å²) in [7, 11) is 0. The Morgan fingerprint density at radius 1 is 1.13 bits per heavy atom. The number of thiazole rings is 1. The molecule has 2 aromatic heterocycles. The second-order valence-electron chi connectivity index (χ2n) is 8.72. The van der Waals surface area contributed by atoms with Gasteiger partial charge in [0.1, 0.15) is 29.4 Å². The van der Waals surface area contributed by atoms with Gasteiger partial charge in [-0.2, -0.15) is 0 Å². The van der Waals surface area contributed by atoms with Crippen molar-refractivity contribution in [1.82, 2.24) is 4.98 Å². The number of benzene rings is 2. The molecule has 1 amide bonds. The van der Waals surface area contributed by atoms with E-state index in [0.29, 0.717) is 34.6 Å². The van der Waals surface area contributed by atoms with Crippen molar-refractivity contribution in [3.05, 3.63) is 111 Å². The van der Waals surface area contributed by atoms with Gasteiger partial charge in [0.2, 0.25) is 5.76 Å². The lowest BCUT2D eigenvalue weighted by molar-refractivity contribution is 0.0554. The average Bonchev–Trinajstić information content (AvgIpc) is 3.44. The summed E-state index contributed by atoms with van der Waals surface area (Å²) in [5.41, 5.74) is 2.15. The van der Waals surface area contributed by atoms with Gasteiger partial charge in [-0.05, 0) is 43.7 Å². The van der Waals surface area contributed by atoms with E-state index in [-0.39, 0.29) is 33.4 Å². The number of carbonyl (C=O) groups is 2. The van der Waals surface area contributed by atoms with Crippen molar-refractivity contribution in [2.75, 3.05) is 18.1 Å². The van der Waals surface area contributed by atoms with Gasteiger partial charge < -0.3 is 13.9 Å². The van der Waals surface area contributed by atoms with E-state index in [2.05, 4.69) is 18.1 Å². The number of nitrogens with zero attached hydrogens (tertiary/aromatic N) is 2. The van der Waals surface area contributed by atoms with E-state index in [1.54, 1.807) is 49.4 Å². The molecule has 2 aromatic carbocycles. The van der Waals surface area contributed by atoms with Gasteiger partial charge >= 0.3 is 5.97 Å². The first-order chi connectivity index (χ1) is 18.3. The molecule has 4 aromatic rings. The van der Waals surface area contributed by atoms with Gasteiger partial charge in [0.15, 0.2) is 10.6 Å². The van der Waals surface area contributed by atoms with Crippen LogP contribution < -0.4 is 15.1 Å². The van der Waals surface area contributed by atoms with E-state index < -0.39 is 17.9 Å². The molecule has 3 heterocycles. The highest BCUT2D eigenvalue weighted by Crippen LogP contribution is 2.43. The molecule has 1 atom stereocenters. The summed E-state index contributed by atoms with van der Waals surface area (Å²) in [6.07, 6.45) is 3.10. The SMILES string of the molecule is C=CCOC(=O)c1sc(N2C(=O)c3oc4ccc(C)cc4c(=O)c3C2c2cccc(OCC=C)c2)nc1C. The number of carbonyl (C=O) groups excluding carboxylic acids is 2. The van der Waals surface area contributed by atoms with Crippen LogP contribution in [0.1, 0.15) is 48.7 Å². The normalized spacial score (nSPS) is 14.4. The molecule has 0 N–H and O–H groups in total. The van der Waals surface area contributed by atoms with Gasteiger partial charge in [0.05, 0.1) is 22.7 Å². The maximum absolute atomic E-state index is 13.9. The Kier molecular flexibility index (Phi) is 6.69. The summed E-state index contributed by atoms with van der Waals surface area (Å²) in [5, 5.41) is 0.623. The Hall–Kier alpha value is -4.50. The molecule has 0 aliphatic carbocycles. The Morgan fingerprint density at radius 3 is 2.68 bits per heavy atom. The molecule has 0 saturated carbocycles. The molecule has 1 aliphatic heterocycles. The molecule has 0 saturated heterocycles. The molecular formula is C29H24N2O6S. The van der Waals surface area contributed by atoms with E-state index in [0.717, 1.165) is 16.9 Å². The second kappa shape index (κ2) is 10.1. The van der Waals surface area contributed by atoms with Crippen molar-refractivity contribution in [3.63, 3.8) is 0 Å². The third-order valence-corrected chi connectivity index (χ3v) is 7.21. The lowest BCUT2D eigenvalue weighted by Gasteiger charge is -2.23. The van der Waals surface area contributed by atoms with Crippen molar-refractivity contribution in [2.24, 2.45) is 0 Å². The first kappa shape index (κ1) is 25.2. The minimum absolute atomic E-state index is 0.0458. The van der Waals surface area contributed by atoms with E-state index in [4.69, 9.17) is 13.9 Å². The number of rotatable bonds is 8. The van der Waals surface area contributed by atoms with Crippen LogP contribution in [-0.2, 0) is 4.74 Å². The molecule has 38 heavy (non-hydrogen) atoms. The third-order valence-electron chi connectivity index (χ3n) is 6.08. The Balaban J connectivity index is 1.71. The van der Waals surface area contributed by atoms with Crippen molar-refractivity contribution in [3.8, 4) is 5.75 Å². The lowest BCUT2D eigenvalue weighted by atomic mass is 9.98. The Bertz CT molecular complexity index is 1670. The Labute approximate surface area is 222 Å². The zero-order valence-corrected chi connectivity index (χ0v) is 21.7. The van der Waals surface area contributed by atoms with E-state index >= 15 is 0 Å². The number of anilines is 1. The van der Waals surface area contributed by atoms with Gasteiger partial charge in [-0.1, -0.05) is 60.4 Å². The fourth-order valence-corrected chi connectivity index (χ4v) is 5.39. The van der Waals surface area contributed by atoms with E-state index in [1.807, 2.05) is 13.0 Å². The van der Waals surface area contributed by atoms with Crippen LogP contribution >= 0.6 is 11.3 Å². The van der Waals surface area contributed by atoms with Crippen LogP contribution in [0.3, 0.4) is 0 Å². The maximum Gasteiger partial charge on any atom is 0.350 e. The van der Waals surface area contributed by atoms with Crippen LogP contribution in [0.25, 0.3) is 11.0 Å². The Morgan fingerprint density at radius 2 is 1.92 bits per heavy atom. The molecule has 0 fully saturated rings. The van der Waals surface area contributed by atoms with Crippen molar-refractivity contribution in [2.45, 2.75) is 19.9 Å². The smallest absolute Gasteiger partial charge is 0.350 e. The molecule has 9 heteroatoms. The highest BCUT2D eigenvalue weighted by atomic mass is 32.1. The fourth-order valence-electron chi connectivity index (χ4n) is 4.40. The molecule has 8 nitrogen and oxygen atoms in total. The first-order valence-corrected chi connectivity index (χ1v) is 12.7. The number of hydrogen-bond donors (Lipinski definition) is 0. The number of amides is 1. The molecule has 0 bridgehead atoms. The standard InChI is InChI=1S/C29H24N2O6S/c1-5-12-35-19-9-7-8-18(15-19)23-22-24(32)20-14-16(3)10-11-21(20)37-25(22)27(33)31(23)29-30-17(4)26(38-29)28(34)36-13-6-2/h5-11,14-15,23H,1-2,12-13H2,3-4H3. The van der Waals surface area contributed by atoms with E-state index in [1.165, 1.54) is 11.0 Å². The van der Waals surface area contributed by atoms with Crippen molar-refractivity contribution < 1.29 is 23.5 Å². The van der Waals surface area contributed by atoms with Gasteiger partial charge in [-0.25, -0.2) is 9.78 Å². The fraction of sp³-hybridized carbons (Fsp3) is 0.172. The third kappa shape index (κ3) is 4.31. The van der Waals surface area contributed by atoms with Crippen LogP contribution in [0.2, 0.25) is 0 Å². The minimum Gasteiger partial charge on any atom is -0.490 e. The number of aromatic nitrogens is 1. The van der Waals surface area contributed by atoms with Crippen LogP contribution in [-0.4, -0.2) is 30.1 Å². The van der Waals surface area contributed by atoms with Gasteiger partial charge in [-0.15, -0.1) is 0 Å². The second-order valence-corrected chi connectivity index (χ2v) is 9.70. The molecule has 192 valence electrons. The summed E-state index contributed by atoms with van der Waals surface area (Å²) in [6, 6.07) is 11.5. The number of esters is 1. The largest absolute Gasteiger partial charge is 0.490 e. The highest BCUT2D eigenvalue weighted by Gasteiger charge is 2.45.